The van der Waals surface area contributed by atoms with Gasteiger partial charge in [0, 0.05) is 5.88 Å². The Morgan fingerprint density at radius 2 is 2.33 bits per heavy atom. The van der Waals surface area contributed by atoms with Crippen molar-refractivity contribution in [3.05, 3.63) is 11.6 Å². The van der Waals surface area contributed by atoms with E-state index in [1.54, 1.807) is 0 Å². The standard InChI is InChI=1S/C7H12ClF/c1-7(4-5-8)3-2-6-9/h3H,2,4-6H2,1H3/b7-3+. The van der Waals surface area contributed by atoms with E-state index in [2.05, 4.69) is 0 Å². The molecule has 0 aliphatic heterocycles. The highest BCUT2D eigenvalue weighted by molar-refractivity contribution is 6.17. The van der Waals surface area contributed by atoms with Crippen molar-refractivity contribution in [2.75, 3.05) is 12.6 Å². The summed E-state index contributed by atoms with van der Waals surface area (Å²) in [5, 5.41) is 0. The molecule has 0 fully saturated rings. The Morgan fingerprint density at radius 3 is 2.78 bits per heavy atom. The van der Waals surface area contributed by atoms with Crippen LogP contribution < -0.4 is 0 Å². The predicted molar refractivity (Wildman–Crippen MR) is 39.7 cm³/mol. The van der Waals surface area contributed by atoms with Crippen LogP contribution in [0.5, 0.6) is 0 Å². The van der Waals surface area contributed by atoms with Crippen molar-refractivity contribution in [3.8, 4) is 0 Å². The van der Waals surface area contributed by atoms with E-state index in [4.69, 9.17) is 11.6 Å². The van der Waals surface area contributed by atoms with Crippen LogP contribution in [-0.2, 0) is 0 Å². The molecule has 0 aromatic heterocycles. The second-order valence-electron chi connectivity index (χ2n) is 1.97. The summed E-state index contributed by atoms with van der Waals surface area (Å²) in [5.41, 5.74) is 1.18. The minimum Gasteiger partial charge on any atom is -0.251 e. The molecule has 0 amide bonds. The number of rotatable bonds is 4. The average Bonchev–Trinajstić information content (AvgIpc) is 1.85. The van der Waals surface area contributed by atoms with Crippen LogP contribution in [0, 0.1) is 0 Å². The molecular weight excluding hydrogens is 139 g/mol. The maximum atomic E-state index is 11.5. The first-order chi connectivity index (χ1) is 4.31. The van der Waals surface area contributed by atoms with Crippen LogP contribution in [0.1, 0.15) is 19.8 Å². The van der Waals surface area contributed by atoms with Gasteiger partial charge in [0.15, 0.2) is 0 Å². The molecule has 0 rings (SSSR count). The van der Waals surface area contributed by atoms with E-state index in [0.29, 0.717) is 12.3 Å². The van der Waals surface area contributed by atoms with E-state index in [-0.39, 0.29) is 6.67 Å². The van der Waals surface area contributed by atoms with Crippen molar-refractivity contribution in [3.63, 3.8) is 0 Å². The zero-order chi connectivity index (χ0) is 7.11. The van der Waals surface area contributed by atoms with Gasteiger partial charge in [-0.3, -0.25) is 4.39 Å². The maximum Gasteiger partial charge on any atom is 0.0928 e. The predicted octanol–water partition coefficient (Wildman–Crippen LogP) is 2.92. The summed E-state index contributed by atoms with van der Waals surface area (Å²) < 4.78 is 11.5. The molecule has 0 aromatic rings. The Bertz CT molecular complexity index is 88.9. The summed E-state index contributed by atoms with van der Waals surface area (Å²) in [7, 11) is 0. The van der Waals surface area contributed by atoms with Crippen LogP contribution in [0.2, 0.25) is 0 Å². The summed E-state index contributed by atoms with van der Waals surface area (Å²) in [6, 6.07) is 0. The van der Waals surface area contributed by atoms with Crippen LogP contribution >= 0.6 is 11.6 Å². The van der Waals surface area contributed by atoms with E-state index < -0.39 is 0 Å². The summed E-state index contributed by atoms with van der Waals surface area (Å²) in [4.78, 5) is 0. The summed E-state index contributed by atoms with van der Waals surface area (Å²) >= 11 is 5.44. The third-order valence-corrected chi connectivity index (χ3v) is 1.28. The second kappa shape index (κ2) is 6.09. The molecule has 0 saturated carbocycles. The molecule has 9 heavy (non-hydrogen) atoms. The topological polar surface area (TPSA) is 0 Å². The molecule has 0 aromatic carbocycles. The molecule has 0 bridgehead atoms. The molecule has 0 radical (unpaired) electrons. The van der Waals surface area contributed by atoms with Gasteiger partial charge < -0.3 is 0 Å². The maximum absolute atomic E-state index is 11.5. The monoisotopic (exact) mass is 150 g/mol. The normalized spacial score (nSPS) is 12.1. The minimum atomic E-state index is -0.264. The van der Waals surface area contributed by atoms with Crippen LogP contribution in [0.4, 0.5) is 4.39 Å². The summed E-state index contributed by atoms with van der Waals surface area (Å²) in [6.07, 6.45) is 3.30. The number of hydrogen-bond acceptors (Lipinski definition) is 0. The largest absolute Gasteiger partial charge is 0.251 e. The lowest BCUT2D eigenvalue weighted by atomic mass is 10.2. The van der Waals surface area contributed by atoms with Gasteiger partial charge >= 0.3 is 0 Å². The van der Waals surface area contributed by atoms with E-state index in [9.17, 15) is 4.39 Å². The fourth-order valence-corrected chi connectivity index (χ4v) is 0.850. The first-order valence-corrected chi connectivity index (χ1v) is 3.62. The van der Waals surface area contributed by atoms with Crippen LogP contribution in [0.25, 0.3) is 0 Å². The molecule has 0 N–H and O–H groups in total. The van der Waals surface area contributed by atoms with Gasteiger partial charge in [0.1, 0.15) is 0 Å². The molecule has 0 atom stereocenters. The molecule has 0 saturated heterocycles. The van der Waals surface area contributed by atoms with E-state index in [1.807, 2.05) is 13.0 Å². The first kappa shape index (κ1) is 8.96. The van der Waals surface area contributed by atoms with E-state index in [1.165, 1.54) is 5.57 Å². The Labute approximate surface area is 60.7 Å². The van der Waals surface area contributed by atoms with Gasteiger partial charge in [-0.05, 0) is 19.8 Å². The van der Waals surface area contributed by atoms with Crippen LogP contribution in [0.3, 0.4) is 0 Å². The third kappa shape index (κ3) is 5.84. The Hall–Kier alpha value is -0.0400. The third-order valence-electron chi connectivity index (χ3n) is 1.09. The summed E-state index contributed by atoms with van der Waals surface area (Å²) in [6.45, 7) is 1.71. The zero-order valence-electron chi connectivity index (χ0n) is 5.66. The fourth-order valence-electron chi connectivity index (χ4n) is 0.552. The molecule has 54 valence electrons. The lowest BCUT2D eigenvalue weighted by molar-refractivity contribution is 0.500. The van der Waals surface area contributed by atoms with Gasteiger partial charge in [0.25, 0.3) is 0 Å². The summed E-state index contributed by atoms with van der Waals surface area (Å²) in [5.74, 6) is 0.634. The van der Waals surface area contributed by atoms with Crippen molar-refractivity contribution in [2.24, 2.45) is 0 Å². The molecule has 0 heterocycles. The van der Waals surface area contributed by atoms with Crippen molar-refractivity contribution in [1.29, 1.82) is 0 Å². The number of halogens is 2. The highest BCUT2D eigenvalue weighted by Gasteiger charge is 1.86. The molecule has 0 spiro atoms. The number of hydrogen-bond donors (Lipinski definition) is 0. The second-order valence-corrected chi connectivity index (χ2v) is 2.35. The zero-order valence-corrected chi connectivity index (χ0v) is 6.42. The molecule has 0 aliphatic carbocycles. The molecule has 0 aliphatic rings. The number of alkyl halides is 2. The Kier molecular flexibility index (Phi) is 6.06. The smallest absolute Gasteiger partial charge is 0.0928 e. The van der Waals surface area contributed by atoms with E-state index >= 15 is 0 Å². The molecule has 0 unspecified atom stereocenters. The number of allylic oxidation sites excluding steroid dienone is 2. The lowest BCUT2D eigenvalue weighted by Crippen LogP contribution is -1.79. The highest BCUT2D eigenvalue weighted by atomic mass is 35.5. The quantitative estimate of drug-likeness (QED) is 0.427. The van der Waals surface area contributed by atoms with Gasteiger partial charge in [-0.1, -0.05) is 11.6 Å². The van der Waals surface area contributed by atoms with Crippen LogP contribution in [-0.4, -0.2) is 12.6 Å². The van der Waals surface area contributed by atoms with Crippen molar-refractivity contribution in [1.82, 2.24) is 0 Å². The van der Waals surface area contributed by atoms with Gasteiger partial charge in [-0.2, -0.15) is 0 Å². The average molecular weight is 151 g/mol. The lowest BCUT2D eigenvalue weighted by Gasteiger charge is -1.93. The molecule has 0 nitrogen and oxygen atoms in total. The fraction of sp³-hybridized carbons (Fsp3) is 0.714. The minimum absolute atomic E-state index is 0.264. The van der Waals surface area contributed by atoms with Crippen molar-refractivity contribution >= 4 is 11.6 Å². The van der Waals surface area contributed by atoms with E-state index in [0.717, 1.165) is 6.42 Å². The SMILES string of the molecule is C/C(=C\CCF)CCCl. The van der Waals surface area contributed by atoms with Gasteiger partial charge in [0.05, 0.1) is 6.67 Å². The first-order valence-electron chi connectivity index (χ1n) is 3.08. The van der Waals surface area contributed by atoms with Gasteiger partial charge in [0.2, 0.25) is 0 Å². The van der Waals surface area contributed by atoms with Crippen molar-refractivity contribution < 1.29 is 4.39 Å². The Balaban J connectivity index is 3.30. The van der Waals surface area contributed by atoms with Crippen molar-refractivity contribution in [2.45, 2.75) is 19.8 Å². The van der Waals surface area contributed by atoms with Crippen LogP contribution in [0.15, 0.2) is 11.6 Å². The molecular formula is C7H12ClF. The van der Waals surface area contributed by atoms with Gasteiger partial charge in [-0.15, -0.1) is 11.6 Å². The molecule has 2 heteroatoms. The van der Waals surface area contributed by atoms with Gasteiger partial charge in [-0.25, -0.2) is 0 Å². The Morgan fingerprint density at radius 1 is 1.67 bits per heavy atom. The highest BCUT2D eigenvalue weighted by Crippen LogP contribution is 2.02.